The molecule has 0 amide bonds. The zero-order valence-electron chi connectivity index (χ0n) is 12.1. The van der Waals surface area contributed by atoms with Crippen LogP contribution in [0.1, 0.15) is 64.5 Å². The number of nitrogens with one attached hydrogen (secondary N) is 1. The maximum absolute atomic E-state index is 4.59. The molecule has 0 radical (unpaired) electrons. The number of hydrazone groups is 1. The molecule has 0 aliphatic heterocycles. The van der Waals surface area contributed by atoms with Crippen LogP contribution in [0.15, 0.2) is 10.5 Å². The SMILES string of the molecule is CCCCCc1csc(NN=C2CCCC(C)C2)n1. The number of hydrogen-bond donors (Lipinski definition) is 1. The van der Waals surface area contributed by atoms with Crippen molar-refractivity contribution in [3.8, 4) is 0 Å². The van der Waals surface area contributed by atoms with E-state index in [0.29, 0.717) is 0 Å². The van der Waals surface area contributed by atoms with Crippen molar-refractivity contribution in [2.45, 2.75) is 65.2 Å². The Balaban J connectivity index is 1.80. The predicted molar refractivity (Wildman–Crippen MR) is 84.0 cm³/mol. The molecule has 1 aromatic heterocycles. The summed E-state index contributed by atoms with van der Waals surface area (Å²) in [5.74, 6) is 0.787. The number of unbranched alkanes of at least 4 members (excludes halogenated alkanes) is 2. The molecule has 1 aliphatic carbocycles. The van der Waals surface area contributed by atoms with E-state index in [9.17, 15) is 0 Å². The molecule has 4 heteroatoms. The first-order valence-corrected chi connectivity index (χ1v) is 8.41. The van der Waals surface area contributed by atoms with Gasteiger partial charge in [0.25, 0.3) is 0 Å². The number of aryl methyl sites for hydroxylation is 1. The largest absolute Gasteiger partial charge is 0.253 e. The minimum absolute atomic E-state index is 0.787. The molecule has 19 heavy (non-hydrogen) atoms. The molecule has 0 saturated heterocycles. The number of nitrogens with zero attached hydrogens (tertiary/aromatic N) is 2. The average molecular weight is 279 g/mol. The summed E-state index contributed by atoms with van der Waals surface area (Å²) in [7, 11) is 0. The number of thiazole rings is 1. The van der Waals surface area contributed by atoms with E-state index in [-0.39, 0.29) is 0 Å². The van der Waals surface area contributed by atoms with Crippen molar-refractivity contribution >= 4 is 22.2 Å². The van der Waals surface area contributed by atoms with Crippen LogP contribution in [0, 0.1) is 5.92 Å². The molecule has 1 aliphatic rings. The molecule has 1 unspecified atom stereocenters. The van der Waals surface area contributed by atoms with Crippen LogP contribution < -0.4 is 5.43 Å². The molecule has 106 valence electrons. The molecule has 1 aromatic rings. The molecular formula is C15H25N3S. The highest BCUT2D eigenvalue weighted by Gasteiger charge is 2.13. The summed E-state index contributed by atoms with van der Waals surface area (Å²) >= 11 is 1.67. The standard InChI is InChI=1S/C15H25N3S/c1-3-4-5-8-14-11-19-15(16-14)18-17-13-9-6-7-12(2)10-13/h11-12H,3-10H2,1-2H3,(H,16,18). The fourth-order valence-electron chi connectivity index (χ4n) is 2.52. The topological polar surface area (TPSA) is 37.3 Å². The van der Waals surface area contributed by atoms with Gasteiger partial charge in [-0.1, -0.05) is 26.7 Å². The third kappa shape index (κ3) is 4.94. The van der Waals surface area contributed by atoms with Crippen LogP contribution in [0.3, 0.4) is 0 Å². The average Bonchev–Trinajstić information content (AvgIpc) is 2.85. The monoisotopic (exact) mass is 279 g/mol. The molecule has 0 bridgehead atoms. The molecule has 2 rings (SSSR count). The molecule has 0 spiro atoms. The van der Waals surface area contributed by atoms with E-state index in [4.69, 9.17) is 0 Å². The summed E-state index contributed by atoms with van der Waals surface area (Å²) in [4.78, 5) is 4.59. The molecule has 0 aromatic carbocycles. The molecule has 3 nitrogen and oxygen atoms in total. The number of anilines is 1. The van der Waals surface area contributed by atoms with Crippen LogP contribution in [-0.4, -0.2) is 10.7 Å². The summed E-state index contributed by atoms with van der Waals surface area (Å²) in [6, 6.07) is 0. The van der Waals surface area contributed by atoms with Gasteiger partial charge in [0.2, 0.25) is 5.13 Å². The van der Waals surface area contributed by atoms with Crippen molar-refractivity contribution in [2.75, 3.05) is 5.43 Å². The van der Waals surface area contributed by atoms with Gasteiger partial charge in [-0.05, 0) is 44.4 Å². The van der Waals surface area contributed by atoms with Gasteiger partial charge in [-0.2, -0.15) is 5.10 Å². The second-order valence-corrected chi connectivity index (χ2v) is 6.45. The van der Waals surface area contributed by atoms with Crippen LogP contribution in [-0.2, 0) is 6.42 Å². The van der Waals surface area contributed by atoms with Crippen molar-refractivity contribution in [3.05, 3.63) is 11.1 Å². The maximum atomic E-state index is 4.59. The first-order chi connectivity index (χ1) is 9.28. The fraction of sp³-hybridized carbons (Fsp3) is 0.733. The Kier molecular flexibility index (Phi) is 5.83. The van der Waals surface area contributed by atoms with E-state index in [1.807, 2.05) is 0 Å². The van der Waals surface area contributed by atoms with Gasteiger partial charge < -0.3 is 0 Å². The van der Waals surface area contributed by atoms with Crippen LogP contribution in [0.4, 0.5) is 5.13 Å². The first-order valence-electron chi connectivity index (χ1n) is 7.53. The second-order valence-electron chi connectivity index (χ2n) is 5.59. The van der Waals surface area contributed by atoms with E-state index >= 15 is 0 Å². The number of hydrogen-bond acceptors (Lipinski definition) is 4. The van der Waals surface area contributed by atoms with Gasteiger partial charge in [-0.3, -0.25) is 5.43 Å². The van der Waals surface area contributed by atoms with Crippen molar-refractivity contribution in [2.24, 2.45) is 11.0 Å². The summed E-state index contributed by atoms with van der Waals surface area (Å²) in [6.45, 7) is 4.54. The van der Waals surface area contributed by atoms with E-state index < -0.39 is 0 Å². The maximum Gasteiger partial charge on any atom is 0.203 e. The molecular weight excluding hydrogens is 254 g/mol. The summed E-state index contributed by atoms with van der Waals surface area (Å²) in [6.07, 6.45) is 9.81. The third-order valence-corrected chi connectivity index (χ3v) is 4.44. The minimum atomic E-state index is 0.787. The summed E-state index contributed by atoms with van der Waals surface area (Å²) in [5.41, 5.74) is 5.65. The van der Waals surface area contributed by atoms with E-state index in [1.165, 1.54) is 43.5 Å². The third-order valence-electron chi connectivity index (χ3n) is 3.64. The number of rotatable bonds is 6. The minimum Gasteiger partial charge on any atom is -0.253 e. The van der Waals surface area contributed by atoms with Crippen LogP contribution >= 0.6 is 11.3 Å². The Morgan fingerprint density at radius 2 is 2.37 bits per heavy atom. The number of aromatic nitrogens is 1. The van der Waals surface area contributed by atoms with Crippen molar-refractivity contribution in [1.29, 1.82) is 0 Å². The van der Waals surface area contributed by atoms with Gasteiger partial charge in [0.15, 0.2) is 0 Å². The highest BCUT2D eigenvalue weighted by molar-refractivity contribution is 7.13. The lowest BCUT2D eigenvalue weighted by Gasteiger charge is -2.18. The van der Waals surface area contributed by atoms with Gasteiger partial charge in [-0.15, -0.1) is 11.3 Å². The Hall–Kier alpha value is -0.900. The van der Waals surface area contributed by atoms with Crippen LogP contribution in [0.2, 0.25) is 0 Å². The quantitative estimate of drug-likeness (QED) is 0.597. The highest BCUT2D eigenvalue weighted by Crippen LogP contribution is 2.22. The molecule has 1 fully saturated rings. The van der Waals surface area contributed by atoms with Gasteiger partial charge in [0, 0.05) is 11.1 Å². The lowest BCUT2D eigenvalue weighted by molar-refractivity contribution is 0.500. The normalized spacial score (nSPS) is 21.8. The molecule has 1 heterocycles. The van der Waals surface area contributed by atoms with Gasteiger partial charge >= 0.3 is 0 Å². The zero-order chi connectivity index (χ0) is 13.5. The highest BCUT2D eigenvalue weighted by atomic mass is 32.1. The zero-order valence-corrected chi connectivity index (χ0v) is 12.9. The lowest BCUT2D eigenvalue weighted by atomic mass is 9.89. The van der Waals surface area contributed by atoms with Crippen molar-refractivity contribution in [1.82, 2.24) is 4.98 Å². The van der Waals surface area contributed by atoms with Crippen molar-refractivity contribution < 1.29 is 0 Å². The van der Waals surface area contributed by atoms with E-state index in [2.05, 4.69) is 34.7 Å². The lowest BCUT2D eigenvalue weighted by Crippen LogP contribution is -2.13. The van der Waals surface area contributed by atoms with Crippen LogP contribution in [0.25, 0.3) is 0 Å². The van der Waals surface area contributed by atoms with Crippen molar-refractivity contribution in [3.63, 3.8) is 0 Å². The molecule has 1 N–H and O–H groups in total. The van der Waals surface area contributed by atoms with Gasteiger partial charge in [0.1, 0.15) is 0 Å². The first kappa shape index (κ1) is 14.5. The van der Waals surface area contributed by atoms with Gasteiger partial charge in [0.05, 0.1) is 5.69 Å². The summed E-state index contributed by atoms with van der Waals surface area (Å²) in [5, 5.41) is 7.62. The Morgan fingerprint density at radius 1 is 1.47 bits per heavy atom. The molecule has 1 saturated carbocycles. The second kappa shape index (κ2) is 7.63. The summed E-state index contributed by atoms with van der Waals surface area (Å²) < 4.78 is 0. The Labute approximate surface area is 120 Å². The molecule has 1 atom stereocenters. The van der Waals surface area contributed by atoms with E-state index in [0.717, 1.165) is 30.3 Å². The fourth-order valence-corrected chi connectivity index (χ4v) is 3.21. The Morgan fingerprint density at radius 3 is 3.16 bits per heavy atom. The predicted octanol–water partition coefficient (Wildman–Crippen LogP) is 4.85. The van der Waals surface area contributed by atoms with Crippen LogP contribution in [0.5, 0.6) is 0 Å². The van der Waals surface area contributed by atoms with Gasteiger partial charge in [-0.25, -0.2) is 4.98 Å². The van der Waals surface area contributed by atoms with E-state index in [1.54, 1.807) is 11.3 Å². The Bertz CT molecular complexity index is 411. The smallest absolute Gasteiger partial charge is 0.203 e.